The number of hydrogen-bond acceptors (Lipinski definition) is 2. The summed E-state index contributed by atoms with van der Waals surface area (Å²) >= 11 is 0. The monoisotopic (exact) mass is 253 g/mol. The van der Waals surface area contributed by atoms with Crippen LogP contribution in [-0.2, 0) is 9.59 Å². The Morgan fingerprint density at radius 1 is 1.06 bits per heavy atom. The van der Waals surface area contributed by atoms with Crippen LogP contribution in [0.3, 0.4) is 0 Å². The number of rotatable bonds is 3. The molecular weight excluding hydrogens is 226 g/mol. The van der Waals surface area contributed by atoms with Crippen LogP contribution in [0.1, 0.15) is 55.4 Å². The van der Waals surface area contributed by atoms with Gasteiger partial charge < -0.3 is 5.32 Å². The van der Waals surface area contributed by atoms with Crippen LogP contribution in [0.15, 0.2) is 0 Å². The number of carbonyl (C=O) groups is 2. The number of nitrogens with one attached hydrogen (secondary N) is 1. The van der Waals surface area contributed by atoms with Crippen LogP contribution in [0.5, 0.6) is 0 Å². The highest BCUT2D eigenvalue weighted by atomic mass is 16.2. The standard InChI is InChI=1S/C15H27NO2/c1-9(17)11(13(2,3)4)16-12(18)10-14(5,6)15(10,7)8/h10-11H,1-8H3,(H,16,18)/t11-/m1/s1. The molecule has 1 saturated carbocycles. The van der Waals surface area contributed by atoms with Crippen molar-refractivity contribution in [3.63, 3.8) is 0 Å². The zero-order chi connectivity index (χ0) is 14.5. The normalized spacial score (nSPS) is 23.3. The molecule has 3 heteroatoms. The number of amides is 1. The highest BCUT2D eigenvalue weighted by Crippen LogP contribution is 2.68. The van der Waals surface area contributed by atoms with E-state index >= 15 is 0 Å². The minimum absolute atomic E-state index is 0.00537. The van der Waals surface area contributed by atoms with Crippen LogP contribution >= 0.6 is 0 Å². The summed E-state index contributed by atoms with van der Waals surface area (Å²) < 4.78 is 0. The van der Waals surface area contributed by atoms with Gasteiger partial charge >= 0.3 is 0 Å². The zero-order valence-electron chi connectivity index (χ0n) is 13.0. The molecule has 0 unspecified atom stereocenters. The first-order valence-corrected chi connectivity index (χ1v) is 6.64. The molecule has 104 valence electrons. The fourth-order valence-corrected chi connectivity index (χ4v) is 3.01. The highest BCUT2D eigenvalue weighted by Gasteiger charge is 2.68. The number of hydrogen-bond donors (Lipinski definition) is 1. The molecule has 1 fully saturated rings. The van der Waals surface area contributed by atoms with Gasteiger partial charge in [0.25, 0.3) is 0 Å². The number of carbonyl (C=O) groups excluding carboxylic acids is 2. The molecule has 1 atom stereocenters. The van der Waals surface area contributed by atoms with Crippen molar-refractivity contribution in [2.45, 2.75) is 61.4 Å². The summed E-state index contributed by atoms with van der Waals surface area (Å²) in [4.78, 5) is 24.0. The van der Waals surface area contributed by atoms with Gasteiger partial charge in [0.15, 0.2) is 5.78 Å². The molecule has 1 amide bonds. The molecular formula is C15H27NO2. The van der Waals surface area contributed by atoms with E-state index in [1.807, 2.05) is 20.8 Å². The average Bonchev–Trinajstić information content (AvgIpc) is 2.50. The van der Waals surface area contributed by atoms with Gasteiger partial charge in [-0.2, -0.15) is 0 Å². The van der Waals surface area contributed by atoms with Crippen molar-refractivity contribution in [1.29, 1.82) is 0 Å². The smallest absolute Gasteiger partial charge is 0.224 e. The Hall–Kier alpha value is -0.860. The predicted molar refractivity (Wildman–Crippen MR) is 73.1 cm³/mol. The lowest BCUT2D eigenvalue weighted by Crippen LogP contribution is -2.49. The third-order valence-corrected chi connectivity index (χ3v) is 4.84. The van der Waals surface area contributed by atoms with Gasteiger partial charge in [-0.05, 0) is 23.2 Å². The van der Waals surface area contributed by atoms with E-state index in [0.717, 1.165) is 0 Å². The van der Waals surface area contributed by atoms with Crippen molar-refractivity contribution in [3.8, 4) is 0 Å². The zero-order valence-corrected chi connectivity index (χ0v) is 13.0. The predicted octanol–water partition coefficient (Wildman–Crippen LogP) is 2.79. The molecule has 18 heavy (non-hydrogen) atoms. The van der Waals surface area contributed by atoms with Gasteiger partial charge in [0.1, 0.15) is 0 Å². The topological polar surface area (TPSA) is 46.2 Å². The number of ketones is 1. The van der Waals surface area contributed by atoms with Gasteiger partial charge in [-0.15, -0.1) is 0 Å². The number of Topliss-reactive ketones (excluding diaryl/α,β-unsaturated/α-hetero) is 1. The average molecular weight is 253 g/mol. The molecule has 0 aliphatic heterocycles. The van der Waals surface area contributed by atoms with Crippen molar-refractivity contribution in [2.75, 3.05) is 0 Å². The lowest BCUT2D eigenvalue weighted by atomic mass is 9.84. The quantitative estimate of drug-likeness (QED) is 0.840. The molecule has 0 radical (unpaired) electrons. The van der Waals surface area contributed by atoms with Crippen LogP contribution in [0.25, 0.3) is 0 Å². The van der Waals surface area contributed by atoms with Crippen LogP contribution in [-0.4, -0.2) is 17.7 Å². The molecule has 0 aromatic carbocycles. The van der Waals surface area contributed by atoms with E-state index in [2.05, 4.69) is 33.0 Å². The molecule has 3 nitrogen and oxygen atoms in total. The first-order valence-electron chi connectivity index (χ1n) is 6.64. The van der Waals surface area contributed by atoms with E-state index in [1.54, 1.807) is 6.92 Å². The molecule has 0 aromatic rings. The lowest BCUT2D eigenvalue weighted by molar-refractivity contribution is -0.130. The Labute approximate surface area is 111 Å². The fraction of sp³-hybridized carbons (Fsp3) is 0.867. The summed E-state index contributed by atoms with van der Waals surface area (Å²) in [7, 11) is 0. The van der Waals surface area contributed by atoms with Crippen molar-refractivity contribution in [2.24, 2.45) is 22.2 Å². The van der Waals surface area contributed by atoms with Gasteiger partial charge in [0, 0.05) is 5.92 Å². The van der Waals surface area contributed by atoms with Crippen molar-refractivity contribution >= 4 is 11.7 Å². The van der Waals surface area contributed by atoms with Crippen LogP contribution in [0, 0.1) is 22.2 Å². The summed E-state index contributed by atoms with van der Waals surface area (Å²) in [6, 6.07) is -0.405. The lowest BCUT2D eigenvalue weighted by Gasteiger charge is -2.29. The van der Waals surface area contributed by atoms with E-state index in [4.69, 9.17) is 0 Å². The first kappa shape index (κ1) is 15.2. The Morgan fingerprint density at radius 3 is 1.67 bits per heavy atom. The van der Waals surface area contributed by atoms with Gasteiger partial charge in [-0.3, -0.25) is 9.59 Å². The molecule has 0 spiro atoms. The second kappa shape index (κ2) is 4.07. The maximum Gasteiger partial charge on any atom is 0.224 e. The van der Waals surface area contributed by atoms with E-state index in [0.29, 0.717) is 0 Å². The van der Waals surface area contributed by atoms with Crippen molar-refractivity contribution in [1.82, 2.24) is 5.32 Å². The Kier molecular flexibility index (Phi) is 3.44. The third-order valence-electron chi connectivity index (χ3n) is 4.84. The minimum Gasteiger partial charge on any atom is -0.345 e. The van der Waals surface area contributed by atoms with E-state index in [9.17, 15) is 9.59 Å². The van der Waals surface area contributed by atoms with E-state index in [1.165, 1.54) is 0 Å². The van der Waals surface area contributed by atoms with Crippen LogP contribution < -0.4 is 5.32 Å². The molecule has 0 aromatic heterocycles. The van der Waals surface area contributed by atoms with Crippen molar-refractivity contribution in [3.05, 3.63) is 0 Å². The molecule has 1 N–H and O–H groups in total. The molecule has 1 rings (SSSR count). The maximum atomic E-state index is 12.3. The maximum absolute atomic E-state index is 12.3. The van der Waals surface area contributed by atoms with E-state index in [-0.39, 0.29) is 33.9 Å². The molecule has 0 bridgehead atoms. The van der Waals surface area contributed by atoms with Gasteiger partial charge in [-0.1, -0.05) is 48.5 Å². The Bertz CT molecular complexity index is 360. The molecule has 0 saturated heterocycles. The SMILES string of the molecule is CC(=O)[C@@H](NC(=O)C1C(C)(C)C1(C)C)C(C)(C)C. The molecule has 1 aliphatic carbocycles. The fourth-order valence-electron chi connectivity index (χ4n) is 3.01. The van der Waals surface area contributed by atoms with E-state index < -0.39 is 6.04 Å². The van der Waals surface area contributed by atoms with Crippen LogP contribution in [0.2, 0.25) is 0 Å². The first-order chi connectivity index (χ1) is 7.83. The summed E-state index contributed by atoms with van der Waals surface area (Å²) in [5.41, 5.74) is -0.225. The second-order valence-electron chi connectivity index (χ2n) is 7.79. The van der Waals surface area contributed by atoms with Gasteiger partial charge in [-0.25, -0.2) is 0 Å². The van der Waals surface area contributed by atoms with Gasteiger partial charge in [0.2, 0.25) is 5.91 Å². The molecule has 1 aliphatic rings. The summed E-state index contributed by atoms with van der Waals surface area (Å²) in [5.74, 6) is 0.0291. The van der Waals surface area contributed by atoms with Crippen LogP contribution in [0.4, 0.5) is 0 Å². The summed E-state index contributed by atoms with van der Waals surface area (Å²) in [6.45, 7) is 15.9. The highest BCUT2D eigenvalue weighted by molar-refractivity contribution is 5.91. The molecule has 0 heterocycles. The van der Waals surface area contributed by atoms with Gasteiger partial charge in [0.05, 0.1) is 6.04 Å². The minimum atomic E-state index is -0.405. The largest absolute Gasteiger partial charge is 0.345 e. The van der Waals surface area contributed by atoms with Crippen molar-refractivity contribution < 1.29 is 9.59 Å². The Balaban J connectivity index is 2.81. The third kappa shape index (κ3) is 2.32. The Morgan fingerprint density at radius 2 is 1.44 bits per heavy atom. The summed E-state index contributed by atoms with van der Waals surface area (Å²) in [5, 5.41) is 2.94. The second-order valence-corrected chi connectivity index (χ2v) is 7.79. The summed E-state index contributed by atoms with van der Waals surface area (Å²) in [6.07, 6.45) is 0.